The van der Waals surface area contributed by atoms with Crippen molar-refractivity contribution in [2.45, 2.75) is 6.92 Å². The van der Waals surface area contributed by atoms with Crippen molar-refractivity contribution >= 4 is 22.8 Å². The van der Waals surface area contributed by atoms with Gasteiger partial charge in [0.2, 0.25) is 0 Å². The van der Waals surface area contributed by atoms with Crippen LogP contribution >= 0.6 is 11.6 Å². The summed E-state index contributed by atoms with van der Waals surface area (Å²) in [6, 6.07) is 7.30. The number of aryl methyl sites for hydroxylation is 1. The summed E-state index contributed by atoms with van der Waals surface area (Å²) in [4.78, 5) is 16.7. The van der Waals surface area contributed by atoms with Crippen LogP contribution in [0.5, 0.6) is 0 Å². The molecule has 0 spiro atoms. The van der Waals surface area contributed by atoms with E-state index in [1.54, 1.807) is 16.8 Å². The van der Waals surface area contributed by atoms with Crippen LogP contribution in [0.1, 0.15) is 5.69 Å². The number of fused-ring (bicyclic) bond motifs is 1. The van der Waals surface area contributed by atoms with Crippen LogP contribution in [0.3, 0.4) is 0 Å². The van der Waals surface area contributed by atoms with E-state index in [2.05, 4.69) is 15.1 Å². The second-order valence-electron chi connectivity index (χ2n) is 3.78. The number of nitrogens with zero attached hydrogens (tertiary/aromatic N) is 2. The van der Waals surface area contributed by atoms with Gasteiger partial charge < -0.3 is 4.98 Å². The number of aromatic nitrogens is 4. The van der Waals surface area contributed by atoms with E-state index in [0.29, 0.717) is 10.7 Å². The van der Waals surface area contributed by atoms with Crippen molar-refractivity contribution in [2.75, 3.05) is 0 Å². The molecule has 3 rings (SSSR count). The zero-order valence-corrected chi connectivity index (χ0v) is 9.75. The summed E-state index contributed by atoms with van der Waals surface area (Å²) < 4.78 is 1.66. The van der Waals surface area contributed by atoms with Gasteiger partial charge in [0.1, 0.15) is 5.52 Å². The monoisotopic (exact) mass is 248 g/mol. The largest absolute Gasteiger partial charge is 0.325 e. The smallest absolute Gasteiger partial charge is 0.303 e. The predicted molar refractivity (Wildman–Crippen MR) is 65.8 cm³/mol. The first-order valence-electron chi connectivity index (χ1n) is 5.09. The molecule has 6 heteroatoms. The van der Waals surface area contributed by atoms with Crippen molar-refractivity contribution in [3.05, 3.63) is 45.5 Å². The molecular formula is C11H9ClN4O. The topological polar surface area (TPSA) is 66.5 Å². The second-order valence-corrected chi connectivity index (χ2v) is 4.22. The SMILES string of the molecule is Cc1nn(-c2cccc(Cl)c2)c2[nH]c(=O)[nH]c12. The maximum absolute atomic E-state index is 11.3. The van der Waals surface area contributed by atoms with Gasteiger partial charge in [0.05, 0.1) is 11.4 Å². The first-order chi connectivity index (χ1) is 8.15. The van der Waals surface area contributed by atoms with Crippen molar-refractivity contribution in [3.8, 4) is 5.69 Å². The van der Waals surface area contributed by atoms with Gasteiger partial charge in [0, 0.05) is 5.02 Å². The maximum Gasteiger partial charge on any atom is 0.325 e. The first-order valence-corrected chi connectivity index (χ1v) is 5.46. The number of halogens is 1. The summed E-state index contributed by atoms with van der Waals surface area (Å²) in [7, 11) is 0. The van der Waals surface area contributed by atoms with E-state index in [9.17, 15) is 4.79 Å². The molecule has 0 atom stereocenters. The molecule has 17 heavy (non-hydrogen) atoms. The van der Waals surface area contributed by atoms with Gasteiger partial charge in [0.25, 0.3) is 0 Å². The third-order valence-corrected chi connectivity index (χ3v) is 2.82. The van der Waals surface area contributed by atoms with Gasteiger partial charge in [-0.05, 0) is 25.1 Å². The van der Waals surface area contributed by atoms with Gasteiger partial charge in [-0.3, -0.25) is 4.98 Å². The molecule has 0 aliphatic heterocycles. The van der Waals surface area contributed by atoms with Gasteiger partial charge in [0.15, 0.2) is 5.65 Å². The first kappa shape index (κ1) is 10.2. The van der Waals surface area contributed by atoms with E-state index >= 15 is 0 Å². The van der Waals surface area contributed by atoms with Crippen molar-refractivity contribution in [1.29, 1.82) is 0 Å². The lowest BCUT2D eigenvalue weighted by molar-refractivity contribution is 0.872. The van der Waals surface area contributed by atoms with E-state index in [1.807, 2.05) is 19.1 Å². The zero-order valence-electron chi connectivity index (χ0n) is 8.99. The predicted octanol–water partition coefficient (Wildman–Crippen LogP) is 2.00. The molecule has 3 aromatic rings. The third-order valence-electron chi connectivity index (χ3n) is 2.58. The summed E-state index contributed by atoms with van der Waals surface area (Å²) >= 11 is 5.94. The molecule has 2 heterocycles. The molecule has 2 N–H and O–H groups in total. The van der Waals surface area contributed by atoms with Crippen LogP contribution in [-0.2, 0) is 0 Å². The Morgan fingerprint density at radius 1 is 1.35 bits per heavy atom. The van der Waals surface area contributed by atoms with Gasteiger partial charge in [-0.15, -0.1) is 0 Å². The van der Waals surface area contributed by atoms with E-state index in [4.69, 9.17) is 11.6 Å². The molecule has 5 nitrogen and oxygen atoms in total. The molecule has 1 aromatic carbocycles. The van der Waals surface area contributed by atoms with Crippen LogP contribution in [-0.4, -0.2) is 19.7 Å². The Labute approximate surface area is 101 Å². The fraction of sp³-hybridized carbons (Fsp3) is 0.0909. The molecule has 0 aliphatic rings. The lowest BCUT2D eigenvalue weighted by atomic mass is 10.3. The van der Waals surface area contributed by atoms with E-state index in [0.717, 1.165) is 16.9 Å². The number of benzene rings is 1. The quantitative estimate of drug-likeness (QED) is 0.692. The van der Waals surface area contributed by atoms with E-state index in [1.165, 1.54) is 0 Å². The fourth-order valence-electron chi connectivity index (χ4n) is 1.84. The van der Waals surface area contributed by atoms with Crippen LogP contribution in [0.25, 0.3) is 16.9 Å². The molecule has 2 aromatic heterocycles. The van der Waals surface area contributed by atoms with Crippen molar-refractivity contribution < 1.29 is 0 Å². The Morgan fingerprint density at radius 2 is 2.18 bits per heavy atom. The molecule has 0 radical (unpaired) electrons. The lowest BCUT2D eigenvalue weighted by Gasteiger charge is -2.01. The minimum absolute atomic E-state index is 0.240. The van der Waals surface area contributed by atoms with Crippen molar-refractivity contribution in [1.82, 2.24) is 19.7 Å². The highest BCUT2D eigenvalue weighted by molar-refractivity contribution is 6.30. The Bertz CT molecular complexity index is 752. The molecule has 0 saturated carbocycles. The van der Waals surface area contributed by atoms with Crippen LogP contribution in [0.15, 0.2) is 29.1 Å². The van der Waals surface area contributed by atoms with Gasteiger partial charge in [-0.1, -0.05) is 17.7 Å². The Kier molecular flexibility index (Phi) is 2.09. The number of nitrogens with one attached hydrogen (secondary N) is 2. The zero-order chi connectivity index (χ0) is 12.0. The average molecular weight is 249 g/mol. The average Bonchev–Trinajstić information content (AvgIpc) is 2.79. The highest BCUT2D eigenvalue weighted by Crippen LogP contribution is 2.19. The summed E-state index contributed by atoms with van der Waals surface area (Å²) in [5.74, 6) is 0. The molecule has 0 unspecified atom stereocenters. The number of H-pyrrole nitrogens is 2. The van der Waals surface area contributed by atoms with Crippen LogP contribution in [0, 0.1) is 6.92 Å². The highest BCUT2D eigenvalue weighted by atomic mass is 35.5. The Balaban J connectivity index is 2.33. The number of aromatic amines is 2. The number of hydrogen-bond acceptors (Lipinski definition) is 2. The van der Waals surface area contributed by atoms with Crippen LogP contribution in [0.4, 0.5) is 0 Å². The van der Waals surface area contributed by atoms with Gasteiger partial charge in [-0.25, -0.2) is 9.48 Å². The normalized spacial score (nSPS) is 11.2. The van der Waals surface area contributed by atoms with E-state index < -0.39 is 0 Å². The number of imidazole rings is 1. The molecular weight excluding hydrogens is 240 g/mol. The summed E-state index contributed by atoms with van der Waals surface area (Å²) in [6.07, 6.45) is 0. The summed E-state index contributed by atoms with van der Waals surface area (Å²) in [5.41, 5.74) is 2.70. The maximum atomic E-state index is 11.3. The van der Waals surface area contributed by atoms with Gasteiger partial charge in [-0.2, -0.15) is 5.10 Å². The molecule has 86 valence electrons. The third kappa shape index (κ3) is 1.55. The van der Waals surface area contributed by atoms with E-state index in [-0.39, 0.29) is 5.69 Å². The van der Waals surface area contributed by atoms with Gasteiger partial charge >= 0.3 is 5.69 Å². The molecule has 0 amide bonds. The molecule has 0 fully saturated rings. The highest BCUT2D eigenvalue weighted by Gasteiger charge is 2.11. The summed E-state index contributed by atoms with van der Waals surface area (Å²) in [6.45, 7) is 1.84. The number of hydrogen-bond donors (Lipinski definition) is 2. The summed E-state index contributed by atoms with van der Waals surface area (Å²) in [5, 5.41) is 4.99. The fourth-order valence-corrected chi connectivity index (χ4v) is 2.02. The Morgan fingerprint density at radius 3 is 2.94 bits per heavy atom. The van der Waals surface area contributed by atoms with Crippen LogP contribution in [0.2, 0.25) is 5.02 Å². The lowest BCUT2D eigenvalue weighted by Crippen LogP contribution is -2.04. The minimum atomic E-state index is -0.240. The standard InChI is InChI=1S/C11H9ClN4O/c1-6-9-10(14-11(17)13-9)16(15-6)8-4-2-3-7(12)5-8/h2-5H,1H3,(H2,13,14,17). The number of rotatable bonds is 1. The minimum Gasteiger partial charge on any atom is -0.303 e. The van der Waals surface area contributed by atoms with Crippen molar-refractivity contribution in [2.24, 2.45) is 0 Å². The molecule has 0 aliphatic carbocycles. The second kappa shape index (κ2) is 3.49. The van der Waals surface area contributed by atoms with Crippen LogP contribution < -0.4 is 5.69 Å². The Hall–Kier alpha value is -2.01. The molecule has 0 saturated heterocycles. The molecule has 0 bridgehead atoms. The van der Waals surface area contributed by atoms with Crippen molar-refractivity contribution in [3.63, 3.8) is 0 Å².